The molecule has 1 atom stereocenters. The molecule has 0 spiro atoms. The number of aryl methyl sites for hydroxylation is 1. The van der Waals surface area contributed by atoms with E-state index in [2.05, 4.69) is 20.3 Å². The summed E-state index contributed by atoms with van der Waals surface area (Å²) in [6.07, 6.45) is 5.74. The number of carbonyl (C=O) groups is 1. The van der Waals surface area contributed by atoms with Gasteiger partial charge in [0.25, 0.3) is 0 Å². The number of hydrogen-bond donors (Lipinski definition) is 1. The standard InChI is InChI=1S/C18H20N4O2S/c1-13-4-5-14(10-20-13)9-15-11-21-18(22-17(15)23)19-6-8-25-12-16-3-2-7-24-16/h2-5,7,10-11,15H,6,8-9,12H2,1H3,(H,19,22,23). The lowest BCUT2D eigenvalue weighted by molar-refractivity contribution is -0.121. The molecule has 1 unspecified atom stereocenters. The second-order valence-electron chi connectivity index (χ2n) is 5.72. The van der Waals surface area contributed by atoms with Crippen molar-refractivity contribution in [1.29, 1.82) is 0 Å². The summed E-state index contributed by atoms with van der Waals surface area (Å²) >= 11 is 1.73. The van der Waals surface area contributed by atoms with Gasteiger partial charge in [-0.15, -0.1) is 0 Å². The topological polar surface area (TPSA) is 79.9 Å². The first kappa shape index (κ1) is 17.4. The molecule has 6 nitrogen and oxygen atoms in total. The number of aromatic nitrogens is 1. The van der Waals surface area contributed by atoms with Crippen molar-refractivity contribution in [3.63, 3.8) is 0 Å². The first-order valence-corrected chi connectivity index (χ1v) is 9.27. The maximum atomic E-state index is 12.2. The zero-order valence-electron chi connectivity index (χ0n) is 14.0. The monoisotopic (exact) mass is 356 g/mol. The Morgan fingerprint density at radius 1 is 1.36 bits per heavy atom. The predicted octanol–water partition coefficient (Wildman–Crippen LogP) is 2.63. The van der Waals surface area contributed by atoms with Crippen LogP contribution in [0.3, 0.4) is 0 Å². The van der Waals surface area contributed by atoms with Crippen LogP contribution in [0.4, 0.5) is 0 Å². The maximum Gasteiger partial charge on any atom is 0.235 e. The smallest absolute Gasteiger partial charge is 0.235 e. The zero-order valence-corrected chi connectivity index (χ0v) is 14.8. The molecule has 1 N–H and O–H groups in total. The Bertz CT molecular complexity index is 754. The number of thioether (sulfide) groups is 1. The molecule has 0 aromatic carbocycles. The molecule has 2 aromatic rings. The van der Waals surface area contributed by atoms with Gasteiger partial charge in [0.2, 0.25) is 11.9 Å². The van der Waals surface area contributed by atoms with Gasteiger partial charge < -0.3 is 4.42 Å². The number of furan rings is 1. The second kappa shape index (κ2) is 8.62. The van der Waals surface area contributed by atoms with Crippen molar-refractivity contribution in [3.8, 4) is 0 Å². The van der Waals surface area contributed by atoms with Gasteiger partial charge in [-0.3, -0.25) is 20.1 Å². The first-order valence-electron chi connectivity index (χ1n) is 8.12. The van der Waals surface area contributed by atoms with E-state index >= 15 is 0 Å². The molecule has 130 valence electrons. The number of hydrogen-bond acceptors (Lipinski definition) is 5. The molecule has 0 fully saturated rings. The fourth-order valence-electron chi connectivity index (χ4n) is 2.35. The second-order valence-corrected chi connectivity index (χ2v) is 6.83. The third-order valence-electron chi connectivity index (χ3n) is 3.70. The number of rotatable bonds is 7. The van der Waals surface area contributed by atoms with Crippen molar-refractivity contribution in [1.82, 2.24) is 10.3 Å². The molecule has 0 saturated carbocycles. The third kappa shape index (κ3) is 5.29. The van der Waals surface area contributed by atoms with Crippen LogP contribution in [0.1, 0.15) is 17.0 Å². The Morgan fingerprint density at radius 3 is 3.00 bits per heavy atom. The van der Waals surface area contributed by atoms with Crippen molar-refractivity contribution >= 4 is 29.8 Å². The number of aliphatic imine (C=N–C) groups is 2. The lowest BCUT2D eigenvalue weighted by Crippen LogP contribution is -2.40. The molecule has 3 heterocycles. The Hall–Kier alpha value is -2.41. The van der Waals surface area contributed by atoms with Crippen molar-refractivity contribution in [2.45, 2.75) is 19.1 Å². The summed E-state index contributed by atoms with van der Waals surface area (Å²) < 4.78 is 5.27. The average molecular weight is 356 g/mol. The van der Waals surface area contributed by atoms with Gasteiger partial charge in [-0.2, -0.15) is 11.8 Å². The van der Waals surface area contributed by atoms with Crippen molar-refractivity contribution in [2.75, 3.05) is 12.3 Å². The number of nitrogens with zero attached hydrogens (tertiary/aromatic N) is 3. The van der Waals surface area contributed by atoms with Gasteiger partial charge in [-0.25, -0.2) is 4.99 Å². The van der Waals surface area contributed by atoms with E-state index in [9.17, 15) is 4.79 Å². The molecule has 2 aromatic heterocycles. The van der Waals surface area contributed by atoms with Crippen LogP contribution >= 0.6 is 11.8 Å². The molecule has 0 bridgehead atoms. The highest BCUT2D eigenvalue weighted by Crippen LogP contribution is 2.12. The number of amides is 1. The molecule has 1 amide bonds. The lowest BCUT2D eigenvalue weighted by Gasteiger charge is -2.17. The first-order chi connectivity index (χ1) is 12.2. The molecule has 7 heteroatoms. The number of pyridine rings is 1. The SMILES string of the molecule is Cc1ccc(CC2C=NC(=NCCSCc3ccco3)NC2=O)cn1. The molecule has 1 aliphatic rings. The fraction of sp³-hybridized carbons (Fsp3) is 0.333. The van der Waals surface area contributed by atoms with E-state index in [-0.39, 0.29) is 11.8 Å². The van der Waals surface area contributed by atoms with Gasteiger partial charge in [-0.05, 0) is 37.1 Å². The highest BCUT2D eigenvalue weighted by atomic mass is 32.2. The van der Waals surface area contributed by atoms with Crippen LogP contribution in [0, 0.1) is 12.8 Å². The molecular weight excluding hydrogens is 336 g/mol. The van der Waals surface area contributed by atoms with E-state index in [4.69, 9.17) is 4.42 Å². The Labute approximate surface area is 150 Å². The van der Waals surface area contributed by atoms with E-state index < -0.39 is 0 Å². The normalized spacial score (nSPS) is 18.5. The van der Waals surface area contributed by atoms with Crippen LogP contribution in [-0.2, 0) is 17.0 Å². The van der Waals surface area contributed by atoms with Crippen LogP contribution in [0.15, 0.2) is 51.1 Å². The molecule has 25 heavy (non-hydrogen) atoms. The number of carbonyl (C=O) groups excluding carboxylic acids is 1. The van der Waals surface area contributed by atoms with E-state index in [1.165, 1.54) is 0 Å². The minimum absolute atomic E-state index is 0.0717. The highest BCUT2D eigenvalue weighted by molar-refractivity contribution is 7.98. The highest BCUT2D eigenvalue weighted by Gasteiger charge is 2.22. The van der Waals surface area contributed by atoms with Crippen molar-refractivity contribution < 1.29 is 9.21 Å². The molecule has 3 rings (SSSR count). The van der Waals surface area contributed by atoms with Crippen LogP contribution in [0.25, 0.3) is 0 Å². The van der Waals surface area contributed by atoms with E-state index in [1.54, 1.807) is 30.4 Å². The molecule has 1 aliphatic heterocycles. The maximum absolute atomic E-state index is 12.2. The molecular formula is C18H20N4O2S. The predicted molar refractivity (Wildman–Crippen MR) is 100.0 cm³/mol. The van der Waals surface area contributed by atoms with Gasteiger partial charge in [0.1, 0.15) is 5.76 Å². The van der Waals surface area contributed by atoms with Crippen LogP contribution in [0.2, 0.25) is 0 Å². The van der Waals surface area contributed by atoms with Crippen molar-refractivity contribution in [2.24, 2.45) is 15.9 Å². The minimum atomic E-state index is -0.281. The van der Waals surface area contributed by atoms with Gasteiger partial charge in [-0.1, -0.05) is 6.07 Å². The van der Waals surface area contributed by atoms with Crippen LogP contribution in [-0.4, -0.2) is 35.4 Å². The minimum Gasteiger partial charge on any atom is -0.468 e. The van der Waals surface area contributed by atoms with Crippen molar-refractivity contribution in [3.05, 3.63) is 53.7 Å². The van der Waals surface area contributed by atoms with Gasteiger partial charge in [0.05, 0.1) is 24.5 Å². The Kier molecular flexibility index (Phi) is 6.00. The summed E-state index contributed by atoms with van der Waals surface area (Å²) in [5.74, 6) is 2.65. The number of nitrogens with one attached hydrogen (secondary N) is 1. The molecule has 0 radical (unpaired) electrons. The van der Waals surface area contributed by atoms with E-state index in [1.807, 2.05) is 31.2 Å². The van der Waals surface area contributed by atoms with Crippen LogP contribution in [0.5, 0.6) is 0 Å². The third-order valence-corrected chi connectivity index (χ3v) is 4.66. The Morgan fingerprint density at radius 2 is 2.28 bits per heavy atom. The van der Waals surface area contributed by atoms with E-state index in [0.29, 0.717) is 18.9 Å². The summed E-state index contributed by atoms with van der Waals surface area (Å²) in [6, 6.07) is 7.77. The largest absolute Gasteiger partial charge is 0.468 e. The quantitative estimate of drug-likeness (QED) is 0.774. The fourth-order valence-corrected chi connectivity index (χ4v) is 3.08. The van der Waals surface area contributed by atoms with Gasteiger partial charge in [0, 0.05) is 23.9 Å². The average Bonchev–Trinajstić information content (AvgIpc) is 3.12. The summed E-state index contributed by atoms with van der Waals surface area (Å²) in [4.78, 5) is 25.0. The number of guanidine groups is 1. The van der Waals surface area contributed by atoms with Crippen LogP contribution < -0.4 is 5.32 Å². The molecule has 0 saturated heterocycles. The van der Waals surface area contributed by atoms with Gasteiger partial charge in [0.15, 0.2) is 0 Å². The lowest BCUT2D eigenvalue weighted by atomic mass is 10.00. The zero-order chi connectivity index (χ0) is 17.5. The summed E-state index contributed by atoms with van der Waals surface area (Å²) in [6.45, 7) is 2.54. The van der Waals surface area contributed by atoms with E-state index in [0.717, 1.165) is 28.5 Å². The summed E-state index contributed by atoms with van der Waals surface area (Å²) in [5.41, 5.74) is 1.98. The molecule has 0 aliphatic carbocycles. The van der Waals surface area contributed by atoms with Gasteiger partial charge >= 0.3 is 0 Å². The summed E-state index contributed by atoms with van der Waals surface area (Å²) in [5, 5.41) is 2.77. The summed E-state index contributed by atoms with van der Waals surface area (Å²) in [7, 11) is 0. The Balaban J connectivity index is 1.45.